The molecular weight excluding hydrogens is 273 g/mol. The zero-order valence-corrected chi connectivity index (χ0v) is 11.4. The van der Waals surface area contributed by atoms with Crippen LogP contribution in [0.25, 0.3) is 0 Å². The summed E-state index contributed by atoms with van der Waals surface area (Å²) in [6.45, 7) is 2.32. The number of hydrogen-bond donors (Lipinski definition) is 2. The minimum absolute atomic E-state index is 0.234. The molecule has 6 heteroatoms. The molecule has 1 aromatic heterocycles. The Balaban J connectivity index is 1.93. The predicted molar refractivity (Wildman–Crippen MR) is 76.8 cm³/mol. The SMILES string of the molecule is CCOc1ncccc1NC1C(=O)Nc2ccc(F)cc21. The fourth-order valence-corrected chi connectivity index (χ4v) is 2.28. The molecule has 1 unspecified atom stereocenters. The molecule has 0 fully saturated rings. The summed E-state index contributed by atoms with van der Waals surface area (Å²) in [6, 6.07) is 7.06. The van der Waals surface area contributed by atoms with E-state index in [2.05, 4.69) is 15.6 Å². The van der Waals surface area contributed by atoms with Crippen LogP contribution in [-0.2, 0) is 4.79 Å². The molecule has 5 nitrogen and oxygen atoms in total. The monoisotopic (exact) mass is 287 g/mol. The van der Waals surface area contributed by atoms with Crippen LogP contribution in [0.4, 0.5) is 15.8 Å². The van der Waals surface area contributed by atoms with Gasteiger partial charge in [-0.25, -0.2) is 9.37 Å². The van der Waals surface area contributed by atoms with E-state index in [0.717, 1.165) is 0 Å². The molecule has 108 valence electrons. The lowest BCUT2D eigenvalue weighted by molar-refractivity contribution is -0.116. The highest BCUT2D eigenvalue weighted by atomic mass is 19.1. The lowest BCUT2D eigenvalue weighted by atomic mass is 10.1. The Morgan fingerprint density at radius 2 is 2.29 bits per heavy atom. The van der Waals surface area contributed by atoms with E-state index in [1.807, 2.05) is 6.92 Å². The topological polar surface area (TPSA) is 63.2 Å². The molecular formula is C15H14FN3O2. The number of rotatable bonds is 4. The first kappa shape index (κ1) is 13.4. The summed E-state index contributed by atoms with van der Waals surface area (Å²) in [4.78, 5) is 16.2. The Morgan fingerprint density at radius 1 is 1.43 bits per heavy atom. The highest BCUT2D eigenvalue weighted by molar-refractivity contribution is 6.04. The molecule has 0 saturated carbocycles. The predicted octanol–water partition coefficient (Wildman–Crippen LogP) is 2.72. The van der Waals surface area contributed by atoms with Gasteiger partial charge in [-0.2, -0.15) is 0 Å². The number of pyridine rings is 1. The van der Waals surface area contributed by atoms with Gasteiger partial charge in [0.2, 0.25) is 5.88 Å². The van der Waals surface area contributed by atoms with Crippen molar-refractivity contribution in [1.29, 1.82) is 0 Å². The van der Waals surface area contributed by atoms with Crippen LogP contribution >= 0.6 is 0 Å². The average molecular weight is 287 g/mol. The molecule has 0 spiro atoms. The molecule has 0 bridgehead atoms. The fraction of sp³-hybridized carbons (Fsp3) is 0.200. The Bertz CT molecular complexity index is 690. The van der Waals surface area contributed by atoms with E-state index in [-0.39, 0.29) is 11.7 Å². The second kappa shape index (κ2) is 5.40. The van der Waals surface area contributed by atoms with Crippen LogP contribution < -0.4 is 15.4 Å². The van der Waals surface area contributed by atoms with E-state index < -0.39 is 6.04 Å². The maximum Gasteiger partial charge on any atom is 0.251 e. The van der Waals surface area contributed by atoms with Crippen molar-refractivity contribution in [3.63, 3.8) is 0 Å². The van der Waals surface area contributed by atoms with E-state index >= 15 is 0 Å². The third-order valence-corrected chi connectivity index (χ3v) is 3.20. The maximum absolute atomic E-state index is 13.4. The van der Waals surface area contributed by atoms with Crippen molar-refractivity contribution in [2.75, 3.05) is 17.2 Å². The normalized spacial score (nSPS) is 16.3. The van der Waals surface area contributed by atoms with Gasteiger partial charge in [-0.3, -0.25) is 4.79 Å². The third kappa shape index (κ3) is 2.52. The number of fused-ring (bicyclic) bond motifs is 1. The Labute approximate surface area is 121 Å². The number of nitrogens with zero attached hydrogens (tertiary/aromatic N) is 1. The zero-order valence-electron chi connectivity index (χ0n) is 11.4. The zero-order chi connectivity index (χ0) is 14.8. The summed E-state index contributed by atoms with van der Waals surface area (Å²) >= 11 is 0. The van der Waals surface area contributed by atoms with Gasteiger partial charge in [0.25, 0.3) is 5.91 Å². The Kier molecular flexibility index (Phi) is 3.43. The van der Waals surface area contributed by atoms with Crippen molar-refractivity contribution in [1.82, 2.24) is 4.98 Å². The molecule has 1 aliphatic rings. The summed E-state index contributed by atoms with van der Waals surface area (Å²) in [5.41, 5.74) is 1.78. The number of aromatic nitrogens is 1. The number of hydrogen-bond acceptors (Lipinski definition) is 4. The highest BCUT2D eigenvalue weighted by Gasteiger charge is 2.31. The van der Waals surface area contributed by atoms with Crippen molar-refractivity contribution in [3.8, 4) is 5.88 Å². The summed E-state index contributed by atoms with van der Waals surface area (Å²) in [6.07, 6.45) is 1.61. The van der Waals surface area contributed by atoms with Gasteiger partial charge in [0.15, 0.2) is 0 Å². The molecule has 2 N–H and O–H groups in total. The van der Waals surface area contributed by atoms with Gasteiger partial charge in [-0.05, 0) is 37.3 Å². The molecule has 1 aliphatic heterocycles. The minimum atomic E-state index is -0.667. The highest BCUT2D eigenvalue weighted by Crippen LogP contribution is 2.35. The minimum Gasteiger partial charge on any atom is -0.476 e. The summed E-state index contributed by atoms with van der Waals surface area (Å²) in [7, 11) is 0. The first-order valence-corrected chi connectivity index (χ1v) is 6.63. The number of nitrogens with one attached hydrogen (secondary N) is 2. The molecule has 2 heterocycles. The first-order chi connectivity index (χ1) is 10.2. The number of amides is 1. The third-order valence-electron chi connectivity index (χ3n) is 3.20. The molecule has 0 radical (unpaired) electrons. The van der Waals surface area contributed by atoms with Crippen molar-refractivity contribution in [2.24, 2.45) is 0 Å². The molecule has 0 aliphatic carbocycles. The summed E-state index contributed by atoms with van der Waals surface area (Å²) < 4.78 is 18.8. The van der Waals surface area contributed by atoms with Crippen LogP contribution in [0.3, 0.4) is 0 Å². The number of anilines is 2. The Morgan fingerprint density at radius 3 is 3.10 bits per heavy atom. The maximum atomic E-state index is 13.4. The van der Waals surface area contributed by atoms with Crippen molar-refractivity contribution in [2.45, 2.75) is 13.0 Å². The van der Waals surface area contributed by atoms with Gasteiger partial charge in [0.05, 0.1) is 12.3 Å². The molecule has 2 aromatic rings. The first-order valence-electron chi connectivity index (χ1n) is 6.63. The van der Waals surface area contributed by atoms with Crippen LogP contribution in [0.2, 0.25) is 0 Å². The van der Waals surface area contributed by atoms with Gasteiger partial charge in [-0.15, -0.1) is 0 Å². The van der Waals surface area contributed by atoms with Gasteiger partial charge >= 0.3 is 0 Å². The van der Waals surface area contributed by atoms with E-state index in [9.17, 15) is 9.18 Å². The molecule has 1 amide bonds. The lowest BCUT2D eigenvalue weighted by Gasteiger charge is -2.15. The van der Waals surface area contributed by atoms with Gasteiger partial charge in [0, 0.05) is 17.4 Å². The number of ether oxygens (including phenoxy) is 1. The van der Waals surface area contributed by atoms with Gasteiger partial charge < -0.3 is 15.4 Å². The van der Waals surface area contributed by atoms with Crippen molar-refractivity contribution >= 4 is 17.3 Å². The largest absolute Gasteiger partial charge is 0.476 e. The van der Waals surface area contributed by atoms with E-state index in [1.165, 1.54) is 12.1 Å². The van der Waals surface area contributed by atoms with E-state index in [4.69, 9.17) is 4.74 Å². The average Bonchev–Trinajstić information content (AvgIpc) is 2.77. The number of carbonyl (C=O) groups excluding carboxylic acids is 1. The van der Waals surface area contributed by atoms with E-state index in [0.29, 0.717) is 29.4 Å². The van der Waals surface area contributed by atoms with Crippen molar-refractivity contribution in [3.05, 3.63) is 47.9 Å². The molecule has 3 rings (SSSR count). The van der Waals surface area contributed by atoms with Crippen LogP contribution in [0, 0.1) is 5.82 Å². The number of benzene rings is 1. The van der Waals surface area contributed by atoms with Gasteiger partial charge in [-0.1, -0.05) is 0 Å². The standard InChI is InChI=1S/C15H14FN3O2/c1-2-21-15-12(4-3-7-17-15)18-13-10-8-9(16)5-6-11(10)19-14(13)20/h3-8,13,18H,2H2,1H3,(H,19,20). The molecule has 0 saturated heterocycles. The van der Waals surface area contributed by atoms with Gasteiger partial charge in [0.1, 0.15) is 11.9 Å². The second-order valence-corrected chi connectivity index (χ2v) is 4.59. The second-order valence-electron chi connectivity index (χ2n) is 4.59. The molecule has 21 heavy (non-hydrogen) atoms. The van der Waals surface area contributed by atoms with Crippen LogP contribution in [0.5, 0.6) is 5.88 Å². The molecule has 1 atom stereocenters. The number of halogens is 1. The Hall–Kier alpha value is -2.63. The van der Waals surface area contributed by atoms with Crippen molar-refractivity contribution < 1.29 is 13.9 Å². The van der Waals surface area contributed by atoms with Crippen LogP contribution in [-0.4, -0.2) is 17.5 Å². The number of carbonyl (C=O) groups is 1. The van der Waals surface area contributed by atoms with E-state index in [1.54, 1.807) is 24.4 Å². The smallest absolute Gasteiger partial charge is 0.251 e. The summed E-state index contributed by atoms with van der Waals surface area (Å²) in [5, 5.41) is 5.78. The van der Waals surface area contributed by atoms with Crippen LogP contribution in [0.1, 0.15) is 18.5 Å². The summed E-state index contributed by atoms with van der Waals surface area (Å²) in [5.74, 6) is -0.201. The quantitative estimate of drug-likeness (QED) is 0.907. The lowest BCUT2D eigenvalue weighted by Crippen LogP contribution is -2.20. The fourth-order valence-electron chi connectivity index (χ4n) is 2.28. The van der Waals surface area contributed by atoms with Crippen LogP contribution in [0.15, 0.2) is 36.5 Å². The molecule has 1 aromatic carbocycles.